The molecule has 0 aliphatic heterocycles. The Kier molecular flexibility index (Phi) is 2.16. The Labute approximate surface area is 96.7 Å². The zero-order chi connectivity index (χ0) is 12.0. The average molecular weight is 233 g/mol. The Morgan fingerprint density at radius 2 is 2.18 bits per heavy atom. The molecule has 1 heterocycles. The lowest BCUT2D eigenvalue weighted by atomic mass is 9.82. The molecule has 0 radical (unpaired) electrons. The van der Waals surface area contributed by atoms with E-state index in [9.17, 15) is 9.90 Å². The minimum absolute atomic E-state index is 0.158. The monoisotopic (exact) mass is 233 g/mol. The van der Waals surface area contributed by atoms with Crippen molar-refractivity contribution in [3.63, 3.8) is 0 Å². The molecule has 5 heteroatoms. The van der Waals surface area contributed by atoms with Crippen molar-refractivity contribution in [3.05, 3.63) is 29.7 Å². The number of aromatic nitrogens is 1. The fourth-order valence-corrected chi connectivity index (χ4v) is 2.04. The number of fused-ring (bicyclic) bond motifs is 1. The van der Waals surface area contributed by atoms with Crippen LogP contribution >= 0.6 is 0 Å². The quantitative estimate of drug-likeness (QED) is 0.825. The summed E-state index contributed by atoms with van der Waals surface area (Å²) in [6, 6.07) is 4.62. The highest BCUT2D eigenvalue weighted by Crippen LogP contribution is 2.37. The summed E-state index contributed by atoms with van der Waals surface area (Å²) in [6.07, 6.45) is 1.07. The van der Waals surface area contributed by atoms with Gasteiger partial charge in [0.15, 0.2) is 11.5 Å². The molecule has 88 valence electrons. The molecule has 0 saturated heterocycles. The van der Waals surface area contributed by atoms with Gasteiger partial charge in [-0.2, -0.15) is 0 Å². The van der Waals surface area contributed by atoms with Gasteiger partial charge in [0.25, 0.3) is 0 Å². The highest BCUT2D eigenvalue weighted by Gasteiger charge is 2.32. The molecule has 3 rings (SSSR count). The van der Waals surface area contributed by atoms with E-state index >= 15 is 0 Å². The lowest BCUT2D eigenvalue weighted by Gasteiger charge is -2.28. The maximum absolute atomic E-state index is 10.8. The first-order valence-electron chi connectivity index (χ1n) is 5.45. The van der Waals surface area contributed by atoms with Crippen molar-refractivity contribution in [2.24, 2.45) is 0 Å². The normalized spacial score (nSPS) is 23.6. The van der Waals surface area contributed by atoms with Crippen molar-refractivity contribution in [3.8, 4) is 0 Å². The Balaban J connectivity index is 1.98. The molecular formula is C12H11NO4. The fraction of sp³-hybridized carbons (Fsp3) is 0.333. The molecule has 2 N–H and O–H groups in total. The van der Waals surface area contributed by atoms with Gasteiger partial charge in [-0.15, -0.1) is 0 Å². The number of benzene rings is 1. The third kappa shape index (κ3) is 1.68. The molecule has 0 atom stereocenters. The van der Waals surface area contributed by atoms with Gasteiger partial charge in [-0.05, 0) is 31.0 Å². The molecule has 1 aliphatic rings. The number of aliphatic hydroxyl groups is 1. The third-order valence-electron chi connectivity index (χ3n) is 3.11. The average Bonchev–Trinajstić information content (AvgIpc) is 2.66. The van der Waals surface area contributed by atoms with Gasteiger partial charge < -0.3 is 14.6 Å². The van der Waals surface area contributed by atoms with Gasteiger partial charge in [-0.1, -0.05) is 0 Å². The fourth-order valence-electron chi connectivity index (χ4n) is 2.04. The van der Waals surface area contributed by atoms with Crippen LogP contribution in [0.4, 0.5) is 0 Å². The lowest BCUT2D eigenvalue weighted by Crippen LogP contribution is -2.26. The van der Waals surface area contributed by atoms with Gasteiger partial charge in [0, 0.05) is 5.92 Å². The molecule has 1 aromatic carbocycles. The van der Waals surface area contributed by atoms with Crippen molar-refractivity contribution >= 4 is 17.1 Å². The van der Waals surface area contributed by atoms with E-state index in [4.69, 9.17) is 9.52 Å². The van der Waals surface area contributed by atoms with E-state index in [-0.39, 0.29) is 17.6 Å². The van der Waals surface area contributed by atoms with Crippen LogP contribution in [0.15, 0.2) is 22.6 Å². The van der Waals surface area contributed by atoms with Crippen molar-refractivity contribution < 1.29 is 19.4 Å². The summed E-state index contributed by atoms with van der Waals surface area (Å²) >= 11 is 0. The molecule has 2 aromatic rings. The maximum Gasteiger partial charge on any atom is 0.335 e. The van der Waals surface area contributed by atoms with Crippen LogP contribution in [0, 0.1) is 0 Å². The molecule has 0 spiro atoms. The van der Waals surface area contributed by atoms with Crippen LogP contribution in [-0.2, 0) is 0 Å². The Hall–Kier alpha value is -1.88. The van der Waals surface area contributed by atoms with Crippen molar-refractivity contribution in [1.82, 2.24) is 4.98 Å². The van der Waals surface area contributed by atoms with Crippen molar-refractivity contribution in [1.29, 1.82) is 0 Å². The molecule has 0 bridgehead atoms. The highest BCUT2D eigenvalue weighted by atomic mass is 16.4. The molecule has 0 amide bonds. The minimum Gasteiger partial charge on any atom is -0.478 e. The smallest absolute Gasteiger partial charge is 0.335 e. The summed E-state index contributed by atoms with van der Waals surface area (Å²) in [4.78, 5) is 15.1. The first-order chi connectivity index (χ1) is 8.13. The van der Waals surface area contributed by atoms with Crippen LogP contribution in [0.3, 0.4) is 0 Å². The summed E-state index contributed by atoms with van der Waals surface area (Å²) in [5.74, 6) is -0.234. The van der Waals surface area contributed by atoms with E-state index in [1.54, 1.807) is 6.07 Å². The number of carbonyl (C=O) groups is 1. The van der Waals surface area contributed by atoms with Crippen LogP contribution < -0.4 is 0 Å². The van der Waals surface area contributed by atoms with E-state index in [1.165, 1.54) is 12.1 Å². The van der Waals surface area contributed by atoms with Crippen LogP contribution in [0.1, 0.15) is 35.0 Å². The van der Waals surface area contributed by atoms with E-state index in [0.717, 1.165) is 0 Å². The zero-order valence-corrected chi connectivity index (χ0v) is 8.96. The Morgan fingerprint density at radius 3 is 2.82 bits per heavy atom. The molecule has 1 saturated carbocycles. The van der Waals surface area contributed by atoms with Crippen LogP contribution in [-0.4, -0.2) is 27.3 Å². The number of carboxylic acids is 1. The van der Waals surface area contributed by atoms with Crippen LogP contribution in [0.25, 0.3) is 11.1 Å². The number of nitrogens with zero attached hydrogens (tertiary/aromatic N) is 1. The number of aliphatic hydroxyl groups excluding tert-OH is 1. The predicted octanol–water partition coefficient (Wildman–Crippen LogP) is 1.76. The number of oxazole rings is 1. The summed E-state index contributed by atoms with van der Waals surface area (Å²) in [5, 5.41) is 18.1. The molecule has 0 unspecified atom stereocenters. The molecular weight excluding hydrogens is 222 g/mol. The van der Waals surface area contributed by atoms with Crippen molar-refractivity contribution in [2.75, 3.05) is 0 Å². The number of carboxylic acid groups (broad SMARTS) is 1. The van der Waals surface area contributed by atoms with Crippen LogP contribution in [0.2, 0.25) is 0 Å². The third-order valence-corrected chi connectivity index (χ3v) is 3.11. The van der Waals surface area contributed by atoms with Crippen LogP contribution in [0.5, 0.6) is 0 Å². The summed E-state index contributed by atoms with van der Waals surface area (Å²) in [7, 11) is 0. The van der Waals surface area contributed by atoms with Gasteiger partial charge >= 0.3 is 5.97 Å². The molecule has 1 fully saturated rings. The number of hydrogen-bond donors (Lipinski definition) is 2. The topological polar surface area (TPSA) is 83.6 Å². The molecule has 17 heavy (non-hydrogen) atoms. The standard InChI is InChI=1S/C12H11NO4/c14-8-3-7(4-8)11-13-9-2-1-6(12(15)16)5-10(9)17-11/h1-2,5,7-8,14H,3-4H2,(H,15,16). The largest absolute Gasteiger partial charge is 0.478 e. The minimum atomic E-state index is -0.982. The second-order valence-electron chi connectivity index (χ2n) is 4.36. The second kappa shape index (κ2) is 3.56. The van der Waals surface area contributed by atoms with Gasteiger partial charge in [-0.25, -0.2) is 9.78 Å². The second-order valence-corrected chi connectivity index (χ2v) is 4.36. The van der Waals surface area contributed by atoms with E-state index in [2.05, 4.69) is 4.98 Å². The van der Waals surface area contributed by atoms with Gasteiger partial charge in [0.2, 0.25) is 0 Å². The predicted molar refractivity (Wildman–Crippen MR) is 59.0 cm³/mol. The molecule has 5 nitrogen and oxygen atoms in total. The summed E-state index contributed by atoms with van der Waals surface area (Å²) in [6.45, 7) is 0. The van der Waals surface area contributed by atoms with Gasteiger partial charge in [0.05, 0.1) is 11.7 Å². The Morgan fingerprint density at radius 1 is 1.41 bits per heavy atom. The molecule has 1 aromatic heterocycles. The van der Waals surface area contributed by atoms with Crippen molar-refractivity contribution in [2.45, 2.75) is 24.9 Å². The van der Waals surface area contributed by atoms with E-state index < -0.39 is 5.97 Å². The SMILES string of the molecule is O=C(O)c1ccc2nc(C3CC(O)C3)oc2c1. The van der Waals surface area contributed by atoms with Gasteiger partial charge in [-0.3, -0.25) is 0 Å². The highest BCUT2D eigenvalue weighted by molar-refractivity contribution is 5.91. The summed E-state index contributed by atoms with van der Waals surface area (Å²) < 4.78 is 5.53. The maximum atomic E-state index is 10.8. The van der Waals surface area contributed by atoms with Gasteiger partial charge in [0.1, 0.15) is 5.52 Å². The first kappa shape index (κ1) is 10.3. The van der Waals surface area contributed by atoms with E-state index in [0.29, 0.717) is 29.8 Å². The molecule has 1 aliphatic carbocycles. The Bertz CT molecular complexity index is 583. The number of aromatic carboxylic acids is 1. The lowest BCUT2D eigenvalue weighted by molar-refractivity contribution is 0.0655. The number of hydrogen-bond acceptors (Lipinski definition) is 4. The zero-order valence-electron chi connectivity index (χ0n) is 8.96. The number of rotatable bonds is 2. The summed E-state index contributed by atoms with van der Waals surface area (Å²) in [5.41, 5.74) is 1.33. The van der Waals surface area contributed by atoms with E-state index in [1.807, 2.05) is 0 Å². The first-order valence-corrected chi connectivity index (χ1v) is 5.45.